The first-order chi connectivity index (χ1) is 9.09. The molecule has 0 aromatic heterocycles. The van der Waals surface area contributed by atoms with E-state index in [2.05, 4.69) is 0 Å². The first-order valence-corrected chi connectivity index (χ1v) is 6.85. The van der Waals surface area contributed by atoms with Crippen molar-refractivity contribution < 1.29 is 14.2 Å². The van der Waals surface area contributed by atoms with Gasteiger partial charge in [0.15, 0.2) is 0 Å². The molecular weight excluding hydrogens is 245 g/mol. The maximum atomic E-state index is 13.8. The second-order valence-corrected chi connectivity index (χ2v) is 5.31. The van der Waals surface area contributed by atoms with Crippen LogP contribution in [0.25, 0.3) is 0 Å². The van der Waals surface area contributed by atoms with Crippen molar-refractivity contribution in [3.05, 3.63) is 29.6 Å². The van der Waals surface area contributed by atoms with Crippen LogP contribution in [0.5, 0.6) is 0 Å². The van der Waals surface area contributed by atoms with Crippen LogP contribution in [0, 0.1) is 11.7 Å². The molecule has 1 aromatic carbocycles. The lowest BCUT2D eigenvalue weighted by molar-refractivity contribution is 0.0576. The van der Waals surface area contributed by atoms with Gasteiger partial charge in [-0.1, -0.05) is 6.07 Å². The second kappa shape index (κ2) is 6.35. The van der Waals surface area contributed by atoms with Crippen molar-refractivity contribution in [1.29, 1.82) is 0 Å². The van der Waals surface area contributed by atoms with Gasteiger partial charge in [0.05, 0.1) is 12.7 Å². The lowest BCUT2D eigenvalue weighted by Crippen LogP contribution is -2.31. The standard InChI is InChI=1S/C15H22FNO2/c1-11(18)15-13(16)6-3-7-14(15)17(2)9-12-5-4-8-19-10-12/h3,6-7,11-12,18H,4-5,8-10H2,1-2H3/t11-,12?/m1/s1. The minimum atomic E-state index is -0.804. The van der Waals surface area contributed by atoms with E-state index >= 15 is 0 Å². The van der Waals surface area contributed by atoms with Crippen LogP contribution in [0.4, 0.5) is 10.1 Å². The minimum absolute atomic E-state index is 0.348. The van der Waals surface area contributed by atoms with Crippen LogP contribution in [0.2, 0.25) is 0 Å². The summed E-state index contributed by atoms with van der Waals surface area (Å²) in [6.07, 6.45) is 1.43. The molecule has 1 aliphatic heterocycles. The Labute approximate surface area is 114 Å². The maximum absolute atomic E-state index is 13.8. The van der Waals surface area contributed by atoms with Crippen molar-refractivity contribution in [2.75, 3.05) is 31.7 Å². The summed E-state index contributed by atoms with van der Waals surface area (Å²) in [6, 6.07) is 4.93. The van der Waals surface area contributed by atoms with E-state index in [-0.39, 0.29) is 5.82 Å². The molecule has 3 nitrogen and oxygen atoms in total. The van der Waals surface area contributed by atoms with Gasteiger partial charge in [-0.05, 0) is 37.8 Å². The average molecular weight is 267 g/mol. The molecule has 0 saturated carbocycles. The molecule has 1 aromatic rings. The van der Waals surface area contributed by atoms with E-state index in [9.17, 15) is 9.50 Å². The number of hydrogen-bond donors (Lipinski definition) is 1. The molecule has 0 bridgehead atoms. The maximum Gasteiger partial charge on any atom is 0.131 e. The number of anilines is 1. The molecule has 0 amide bonds. The van der Waals surface area contributed by atoms with Crippen molar-refractivity contribution in [3.8, 4) is 0 Å². The molecule has 19 heavy (non-hydrogen) atoms. The highest BCUT2D eigenvalue weighted by atomic mass is 19.1. The highest BCUT2D eigenvalue weighted by molar-refractivity contribution is 5.54. The molecular formula is C15H22FNO2. The predicted molar refractivity (Wildman–Crippen MR) is 73.8 cm³/mol. The summed E-state index contributed by atoms with van der Waals surface area (Å²) in [7, 11) is 1.94. The number of ether oxygens (including phenoxy) is 1. The Balaban J connectivity index is 2.13. The Bertz CT molecular complexity index is 417. The van der Waals surface area contributed by atoms with E-state index in [4.69, 9.17) is 4.74 Å². The molecule has 1 fully saturated rings. The smallest absolute Gasteiger partial charge is 0.131 e. The minimum Gasteiger partial charge on any atom is -0.389 e. The van der Waals surface area contributed by atoms with Crippen LogP contribution in [-0.2, 0) is 4.74 Å². The molecule has 0 spiro atoms. The monoisotopic (exact) mass is 267 g/mol. The number of hydrogen-bond acceptors (Lipinski definition) is 3. The number of nitrogens with zero attached hydrogens (tertiary/aromatic N) is 1. The summed E-state index contributed by atoms with van der Waals surface area (Å²) < 4.78 is 19.3. The molecule has 2 atom stereocenters. The van der Waals surface area contributed by atoms with Crippen LogP contribution in [0.3, 0.4) is 0 Å². The van der Waals surface area contributed by atoms with Gasteiger partial charge in [-0.2, -0.15) is 0 Å². The van der Waals surface area contributed by atoms with Crippen molar-refractivity contribution in [3.63, 3.8) is 0 Å². The van der Waals surface area contributed by atoms with Crippen molar-refractivity contribution >= 4 is 5.69 Å². The zero-order valence-electron chi connectivity index (χ0n) is 11.6. The SMILES string of the molecule is C[C@@H](O)c1c(F)cccc1N(C)CC1CCCOC1. The zero-order chi connectivity index (χ0) is 13.8. The van der Waals surface area contributed by atoms with Gasteiger partial charge in [-0.15, -0.1) is 0 Å². The zero-order valence-corrected chi connectivity index (χ0v) is 11.6. The number of aliphatic hydroxyl groups is 1. The predicted octanol–water partition coefficient (Wildman–Crippen LogP) is 2.74. The Morgan fingerprint density at radius 1 is 1.53 bits per heavy atom. The fraction of sp³-hybridized carbons (Fsp3) is 0.600. The van der Waals surface area contributed by atoms with Gasteiger partial charge in [0.1, 0.15) is 5.82 Å². The van der Waals surface area contributed by atoms with Gasteiger partial charge < -0.3 is 14.7 Å². The normalized spacial score (nSPS) is 21.2. The lowest BCUT2D eigenvalue weighted by atomic mass is 10.0. The third-order valence-electron chi connectivity index (χ3n) is 3.65. The number of rotatable bonds is 4. The molecule has 1 saturated heterocycles. The molecule has 1 aliphatic rings. The summed E-state index contributed by atoms with van der Waals surface area (Å²) in [4.78, 5) is 2.02. The molecule has 1 heterocycles. The molecule has 4 heteroatoms. The van der Waals surface area contributed by atoms with E-state index in [0.717, 1.165) is 38.3 Å². The molecule has 1 unspecified atom stereocenters. The highest BCUT2D eigenvalue weighted by Gasteiger charge is 2.20. The number of benzene rings is 1. The van der Waals surface area contributed by atoms with Gasteiger partial charge in [-0.25, -0.2) is 4.39 Å². The lowest BCUT2D eigenvalue weighted by Gasteiger charge is -2.30. The van der Waals surface area contributed by atoms with Crippen LogP contribution in [0.1, 0.15) is 31.4 Å². The van der Waals surface area contributed by atoms with E-state index < -0.39 is 6.10 Å². The van der Waals surface area contributed by atoms with Gasteiger partial charge in [0.25, 0.3) is 0 Å². The van der Waals surface area contributed by atoms with Gasteiger partial charge in [0, 0.05) is 31.5 Å². The molecule has 2 rings (SSSR count). The fourth-order valence-corrected chi connectivity index (χ4v) is 2.71. The van der Waals surface area contributed by atoms with Gasteiger partial charge in [-0.3, -0.25) is 0 Å². The topological polar surface area (TPSA) is 32.7 Å². The van der Waals surface area contributed by atoms with Crippen molar-refractivity contribution in [2.45, 2.75) is 25.9 Å². The first kappa shape index (κ1) is 14.3. The van der Waals surface area contributed by atoms with Crippen LogP contribution in [-0.4, -0.2) is 31.9 Å². The van der Waals surface area contributed by atoms with Crippen LogP contribution >= 0.6 is 0 Å². The molecule has 1 N–H and O–H groups in total. The van der Waals surface area contributed by atoms with Crippen LogP contribution < -0.4 is 4.90 Å². The average Bonchev–Trinajstić information content (AvgIpc) is 2.39. The molecule has 0 radical (unpaired) electrons. The molecule has 0 aliphatic carbocycles. The van der Waals surface area contributed by atoms with Crippen molar-refractivity contribution in [2.24, 2.45) is 5.92 Å². The Morgan fingerprint density at radius 2 is 2.32 bits per heavy atom. The summed E-state index contributed by atoms with van der Waals surface area (Å²) >= 11 is 0. The van der Waals surface area contributed by atoms with Gasteiger partial charge >= 0.3 is 0 Å². The number of halogens is 1. The highest BCUT2D eigenvalue weighted by Crippen LogP contribution is 2.29. The van der Waals surface area contributed by atoms with E-state index in [0.29, 0.717) is 11.5 Å². The fourth-order valence-electron chi connectivity index (χ4n) is 2.71. The van der Waals surface area contributed by atoms with E-state index in [1.165, 1.54) is 6.07 Å². The third kappa shape index (κ3) is 3.45. The van der Waals surface area contributed by atoms with Crippen LogP contribution in [0.15, 0.2) is 18.2 Å². The Kier molecular flexibility index (Phi) is 4.77. The first-order valence-electron chi connectivity index (χ1n) is 6.85. The quantitative estimate of drug-likeness (QED) is 0.910. The summed E-state index contributed by atoms with van der Waals surface area (Å²) in [6.45, 7) is 4.03. The van der Waals surface area contributed by atoms with E-state index in [1.54, 1.807) is 13.0 Å². The summed E-state index contributed by atoms with van der Waals surface area (Å²) in [5.41, 5.74) is 1.14. The summed E-state index contributed by atoms with van der Waals surface area (Å²) in [5.74, 6) is 0.128. The third-order valence-corrected chi connectivity index (χ3v) is 3.65. The largest absolute Gasteiger partial charge is 0.389 e. The van der Waals surface area contributed by atoms with E-state index in [1.807, 2.05) is 18.0 Å². The second-order valence-electron chi connectivity index (χ2n) is 5.31. The summed E-state index contributed by atoms with van der Waals surface area (Å²) in [5, 5.41) is 9.75. The Morgan fingerprint density at radius 3 is 2.95 bits per heavy atom. The van der Waals surface area contributed by atoms with Crippen molar-refractivity contribution in [1.82, 2.24) is 0 Å². The molecule has 106 valence electrons. The van der Waals surface area contributed by atoms with Gasteiger partial charge in [0.2, 0.25) is 0 Å². The number of aliphatic hydroxyl groups excluding tert-OH is 1. The Hall–Kier alpha value is -1.13.